The molecule has 0 saturated heterocycles. The maximum atomic E-state index is 13.1. The number of ketones is 1. The topological polar surface area (TPSA) is 26.3 Å². The standard InChI is InChI=1S/C12H14BrFO2/c1-3-16-8(2)12(15)6-9-4-10(13)7-11(14)5-9/h4-5,7-8H,3,6H2,1-2H3. The van der Waals surface area contributed by atoms with Crippen molar-refractivity contribution in [2.45, 2.75) is 26.4 Å². The molecule has 1 aromatic rings. The number of Topliss-reactive ketones (excluding diaryl/α,β-unsaturated/α-hetero) is 1. The van der Waals surface area contributed by atoms with Gasteiger partial charge in [-0.15, -0.1) is 0 Å². The molecule has 0 heterocycles. The molecule has 0 aliphatic carbocycles. The van der Waals surface area contributed by atoms with Crippen molar-refractivity contribution >= 4 is 21.7 Å². The number of carbonyl (C=O) groups excluding carboxylic acids is 1. The van der Waals surface area contributed by atoms with Crippen LogP contribution in [0.15, 0.2) is 22.7 Å². The number of rotatable bonds is 5. The Hall–Kier alpha value is -0.740. The lowest BCUT2D eigenvalue weighted by molar-refractivity contribution is -0.128. The molecule has 0 aliphatic rings. The third-order valence-corrected chi connectivity index (χ3v) is 2.63. The van der Waals surface area contributed by atoms with Crippen molar-refractivity contribution in [3.8, 4) is 0 Å². The second kappa shape index (κ2) is 6.11. The largest absolute Gasteiger partial charge is 0.371 e. The minimum absolute atomic E-state index is 0.0423. The summed E-state index contributed by atoms with van der Waals surface area (Å²) in [6.45, 7) is 4.04. The predicted octanol–water partition coefficient (Wildman–Crippen LogP) is 3.12. The summed E-state index contributed by atoms with van der Waals surface area (Å²) in [6.07, 6.45) is -0.246. The summed E-state index contributed by atoms with van der Waals surface area (Å²) in [5, 5.41) is 0. The molecule has 0 aliphatic heterocycles. The van der Waals surface area contributed by atoms with E-state index >= 15 is 0 Å². The zero-order valence-electron chi connectivity index (χ0n) is 9.30. The molecule has 1 unspecified atom stereocenters. The summed E-state index contributed by atoms with van der Waals surface area (Å²) in [5.74, 6) is -0.388. The summed E-state index contributed by atoms with van der Waals surface area (Å²) in [4.78, 5) is 11.7. The highest BCUT2D eigenvalue weighted by molar-refractivity contribution is 9.10. The second-order valence-corrected chi connectivity index (χ2v) is 4.43. The first-order valence-corrected chi connectivity index (χ1v) is 5.91. The summed E-state index contributed by atoms with van der Waals surface area (Å²) in [5.41, 5.74) is 0.656. The molecule has 2 nitrogen and oxygen atoms in total. The zero-order valence-corrected chi connectivity index (χ0v) is 10.9. The van der Waals surface area contributed by atoms with Gasteiger partial charge in [-0.1, -0.05) is 15.9 Å². The van der Waals surface area contributed by atoms with E-state index in [-0.39, 0.29) is 18.0 Å². The maximum Gasteiger partial charge on any atom is 0.165 e. The van der Waals surface area contributed by atoms with Crippen LogP contribution in [-0.2, 0) is 16.0 Å². The quantitative estimate of drug-likeness (QED) is 0.832. The van der Waals surface area contributed by atoms with Crippen LogP contribution >= 0.6 is 15.9 Å². The van der Waals surface area contributed by atoms with Gasteiger partial charge >= 0.3 is 0 Å². The van der Waals surface area contributed by atoms with Crippen molar-refractivity contribution in [2.75, 3.05) is 6.61 Å². The van der Waals surface area contributed by atoms with E-state index in [2.05, 4.69) is 15.9 Å². The smallest absolute Gasteiger partial charge is 0.165 e. The van der Waals surface area contributed by atoms with Gasteiger partial charge in [-0.05, 0) is 37.6 Å². The number of halogens is 2. The first kappa shape index (κ1) is 13.3. The zero-order chi connectivity index (χ0) is 12.1. The fourth-order valence-electron chi connectivity index (χ4n) is 1.40. The molecule has 16 heavy (non-hydrogen) atoms. The number of benzene rings is 1. The van der Waals surface area contributed by atoms with Crippen molar-refractivity contribution in [1.29, 1.82) is 0 Å². The summed E-state index contributed by atoms with van der Waals surface area (Å²) >= 11 is 3.19. The van der Waals surface area contributed by atoms with E-state index in [1.807, 2.05) is 6.92 Å². The van der Waals surface area contributed by atoms with Crippen molar-refractivity contribution in [3.05, 3.63) is 34.1 Å². The number of hydrogen-bond donors (Lipinski definition) is 0. The SMILES string of the molecule is CCOC(C)C(=O)Cc1cc(F)cc(Br)c1. The van der Waals surface area contributed by atoms with Gasteiger partial charge in [0.15, 0.2) is 5.78 Å². The lowest BCUT2D eigenvalue weighted by Gasteiger charge is -2.10. The number of hydrogen-bond acceptors (Lipinski definition) is 2. The highest BCUT2D eigenvalue weighted by Gasteiger charge is 2.13. The van der Waals surface area contributed by atoms with Crippen LogP contribution < -0.4 is 0 Å². The Labute approximate surface area is 103 Å². The third-order valence-electron chi connectivity index (χ3n) is 2.17. The van der Waals surface area contributed by atoms with Gasteiger partial charge in [-0.3, -0.25) is 4.79 Å². The van der Waals surface area contributed by atoms with Crippen LogP contribution in [0.5, 0.6) is 0 Å². The first-order chi connectivity index (χ1) is 7.52. The Kier molecular flexibility index (Phi) is 5.09. The summed E-state index contributed by atoms with van der Waals surface area (Å²) in [7, 11) is 0. The van der Waals surface area contributed by atoms with E-state index in [9.17, 15) is 9.18 Å². The van der Waals surface area contributed by atoms with Gasteiger partial charge in [-0.2, -0.15) is 0 Å². The highest BCUT2D eigenvalue weighted by atomic mass is 79.9. The van der Waals surface area contributed by atoms with Crippen molar-refractivity contribution < 1.29 is 13.9 Å². The van der Waals surface area contributed by atoms with E-state index in [1.165, 1.54) is 12.1 Å². The van der Waals surface area contributed by atoms with Crippen molar-refractivity contribution in [2.24, 2.45) is 0 Å². The minimum Gasteiger partial charge on any atom is -0.371 e. The van der Waals surface area contributed by atoms with Gasteiger partial charge in [0.2, 0.25) is 0 Å². The van der Waals surface area contributed by atoms with Crippen LogP contribution in [0.1, 0.15) is 19.4 Å². The fraction of sp³-hybridized carbons (Fsp3) is 0.417. The molecule has 4 heteroatoms. The molecule has 0 aromatic heterocycles. The van der Waals surface area contributed by atoms with Gasteiger partial charge in [-0.25, -0.2) is 4.39 Å². The van der Waals surface area contributed by atoms with Gasteiger partial charge in [0, 0.05) is 17.5 Å². The molecule has 0 saturated carbocycles. The molecule has 0 amide bonds. The average Bonchev–Trinajstić information content (AvgIpc) is 2.16. The second-order valence-electron chi connectivity index (χ2n) is 3.52. The number of ether oxygens (including phenoxy) is 1. The van der Waals surface area contributed by atoms with E-state index in [1.54, 1.807) is 13.0 Å². The van der Waals surface area contributed by atoms with Crippen molar-refractivity contribution in [3.63, 3.8) is 0 Å². The molecule has 0 N–H and O–H groups in total. The van der Waals surface area contributed by atoms with Gasteiger partial charge < -0.3 is 4.74 Å². The highest BCUT2D eigenvalue weighted by Crippen LogP contribution is 2.16. The van der Waals surface area contributed by atoms with Crippen molar-refractivity contribution in [1.82, 2.24) is 0 Å². The lowest BCUT2D eigenvalue weighted by atomic mass is 10.1. The number of carbonyl (C=O) groups is 1. The summed E-state index contributed by atoms with van der Waals surface area (Å²) in [6, 6.07) is 4.46. The molecule has 88 valence electrons. The van der Waals surface area contributed by atoms with E-state index in [0.717, 1.165) is 0 Å². The molecular weight excluding hydrogens is 275 g/mol. The fourth-order valence-corrected chi connectivity index (χ4v) is 1.91. The lowest BCUT2D eigenvalue weighted by Crippen LogP contribution is -2.22. The Balaban J connectivity index is 2.69. The molecule has 0 radical (unpaired) electrons. The van der Waals surface area contributed by atoms with Crippen LogP contribution in [0, 0.1) is 5.82 Å². The average molecular weight is 289 g/mol. The molecule has 1 aromatic carbocycles. The molecule has 1 atom stereocenters. The molecule has 0 bridgehead atoms. The van der Waals surface area contributed by atoms with E-state index in [0.29, 0.717) is 16.6 Å². The van der Waals surface area contributed by atoms with Gasteiger partial charge in [0.1, 0.15) is 11.9 Å². The first-order valence-electron chi connectivity index (χ1n) is 5.12. The molecule has 1 rings (SSSR count). The predicted molar refractivity (Wildman–Crippen MR) is 63.9 cm³/mol. The van der Waals surface area contributed by atoms with Gasteiger partial charge in [0.25, 0.3) is 0 Å². The van der Waals surface area contributed by atoms with E-state index in [4.69, 9.17) is 4.74 Å². The normalized spacial score (nSPS) is 12.5. The van der Waals surface area contributed by atoms with Crippen LogP contribution in [0.2, 0.25) is 0 Å². The van der Waals surface area contributed by atoms with Crippen LogP contribution in [0.25, 0.3) is 0 Å². The van der Waals surface area contributed by atoms with Crippen LogP contribution in [-0.4, -0.2) is 18.5 Å². The van der Waals surface area contributed by atoms with Gasteiger partial charge in [0.05, 0.1) is 0 Å². The summed E-state index contributed by atoms with van der Waals surface area (Å²) < 4.78 is 18.9. The van der Waals surface area contributed by atoms with Crippen LogP contribution in [0.3, 0.4) is 0 Å². The molecule has 0 spiro atoms. The Morgan fingerprint density at radius 2 is 2.19 bits per heavy atom. The monoisotopic (exact) mass is 288 g/mol. The third kappa shape index (κ3) is 4.02. The Morgan fingerprint density at radius 3 is 2.75 bits per heavy atom. The van der Waals surface area contributed by atoms with Crippen LogP contribution in [0.4, 0.5) is 4.39 Å². The molecule has 0 fully saturated rings. The maximum absolute atomic E-state index is 13.1. The Morgan fingerprint density at radius 1 is 1.50 bits per heavy atom. The Bertz CT molecular complexity index is 359. The van der Waals surface area contributed by atoms with E-state index < -0.39 is 6.10 Å². The molecular formula is C12H14BrFO2. The minimum atomic E-state index is -0.438.